The van der Waals surface area contributed by atoms with Gasteiger partial charge in [0.05, 0.1) is 6.10 Å². The van der Waals surface area contributed by atoms with Gasteiger partial charge in [0.25, 0.3) is 0 Å². The molecule has 0 aliphatic heterocycles. The first-order valence-electron chi connectivity index (χ1n) is 3.54. The maximum absolute atomic E-state index is 5.10. The SMILES string of the molecule is CC[C](C)CC(C)OC. The highest BCUT2D eigenvalue weighted by Gasteiger charge is 2.04. The molecule has 0 fully saturated rings. The van der Waals surface area contributed by atoms with E-state index in [4.69, 9.17) is 4.74 Å². The summed E-state index contributed by atoms with van der Waals surface area (Å²) in [7, 11) is 1.76. The van der Waals surface area contributed by atoms with Crippen molar-refractivity contribution in [2.75, 3.05) is 7.11 Å². The summed E-state index contributed by atoms with van der Waals surface area (Å²) in [4.78, 5) is 0. The highest BCUT2D eigenvalue weighted by atomic mass is 16.5. The van der Waals surface area contributed by atoms with Crippen molar-refractivity contribution < 1.29 is 4.74 Å². The lowest BCUT2D eigenvalue weighted by atomic mass is 10.0. The van der Waals surface area contributed by atoms with Crippen LogP contribution in [0.3, 0.4) is 0 Å². The van der Waals surface area contributed by atoms with E-state index in [1.54, 1.807) is 7.11 Å². The van der Waals surface area contributed by atoms with Gasteiger partial charge in [-0.15, -0.1) is 0 Å². The van der Waals surface area contributed by atoms with Crippen LogP contribution < -0.4 is 0 Å². The lowest BCUT2D eigenvalue weighted by Gasteiger charge is -2.12. The fourth-order valence-corrected chi connectivity index (χ4v) is 0.718. The molecule has 9 heavy (non-hydrogen) atoms. The van der Waals surface area contributed by atoms with Crippen molar-refractivity contribution in [3.05, 3.63) is 5.92 Å². The molecule has 1 radical (unpaired) electrons. The van der Waals surface area contributed by atoms with Gasteiger partial charge in [0.2, 0.25) is 0 Å². The van der Waals surface area contributed by atoms with Crippen LogP contribution in [0.1, 0.15) is 33.6 Å². The summed E-state index contributed by atoms with van der Waals surface area (Å²) in [5, 5.41) is 0. The third-order valence-corrected chi connectivity index (χ3v) is 1.64. The van der Waals surface area contributed by atoms with E-state index < -0.39 is 0 Å². The summed E-state index contributed by atoms with van der Waals surface area (Å²) in [6.45, 7) is 6.45. The molecule has 0 aromatic carbocycles. The van der Waals surface area contributed by atoms with E-state index in [0.717, 1.165) is 6.42 Å². The van der Waals surface area contributed by atoms with Crippen molar-refractivity contribution >= 4 is 0 Å². The number of hydrogen-bond acceptors (Lipinski definition) is 1. The highest BCUT2D eigenvalue weighted by Crippen LogP contribution is 2.12. The lowest BCUT2D eigenvalue weighted by molar-refractivity contribution is 0.113. The van der Waals surface area contributed by atoms with E-state index in [1.165, 1.54) is 12.3 Å². The minimum absolute atomic E-state index is 0.393. The zero-order chi connectivity index (χ0) is 7.28. The Bertz CT molecular complexity index is 53.6. The van der Waals surface area contributed by atoms with Crippen molar-refractivity contribution in [2.45, 2.75) is 39.7 Å². The number of hydrogen-bond donors (Lipinski definition) is 0. The maximum atomic E-state index is 5.10. The molecule has 1 atom stereocenters. The molecule has 1 heteroatoms. The van der Waals surface area contributed by atoms with E-state index >= 15 is 0 Å². The molecule has 0 aliphatic carbocycles. The average Bonchev–Trinajstić information content (AvgIpc) is 1.87. The maximum Gasteiger partial charge on any atom is 0.0548 e. The summed E-state index contributed by atoms with van der Waals surface area (Å²) in [5.41, 5.74) is 0. The average molecular weight is 129 g/mol. The Balaban J connectivity index is 3.22. The topological polar surface area (TPSA) is 9.23 Å². The number of rotatable bonds is 4. The Morgan fingerprint density at radius 2 is 2.11 bits per heavy atom. The van der Waals surface area contributed by atoms with Crippen molar-refractivity contribution in [1.29, 1.82) is 0 Å². The molecule has 0 bridgehead atoms. The second kappa shape index (κ2) is 4.80. The van der Waals surface area contributed by atoms with Crippen molar-refractivity contribution in [2.24, 2.45) is 0 Å². The summed E-state index contributed by atoms with van der Waals surface area (Å²) in [6.07, 6.45) is 2.67. The van der Waals surface area contributed by atoms with Crippen LogP contribution in [-0.4, -0.2) is 13.2 Å². The Hall–Kier alpha value is -0.0400. The van der Waals surface area contributed by atoms with Crippen LogP contribution in [0, 0.1) is 5.92 Å². The molecule has 0 heterocycles. The van der Waals surface area contributed by atoms with Gasteiger partial charge in [-0.25, -0.2) is 0 Å². The Kier molecular flexibility index (Phi) is 4.78. The summed E-state index contributed by atoms with van der Waals surface area (Å²) in [5.74, 6) is 1.52. The van der Waals surface area contributed by atoms with Gasteiger partial charge >= 0.3 is 0 Å². The van der Waals surface area contributed by atoms with Crippen LogP contribution in [0.2, 0.25) is 0 Å². The summed E-state index contributed by atoms with van der Waals surface area (Å²) < 4.78 is 5.10. The molecule has 0 aromatic heterocycles. The highest BCUT2D eigenvalue weighted by molar-refractivity contribution is 4.83. The molecule has 0 spiro atoms. The van der Waals surface area contributed by atoms with Crippen LogP contribution in [0.4, 0.5) is 0 Å². The van der Waals surface area contributed by atoms with Gasteiger partial charge in [0, 0.05) is 7.11 Å². The van der Waals surface area contributed by atoms with E-state index in [-0.39, 0.29) is 0 Å². The van der Waals surface area contributed by atoms with Gasteiger partial charge in [-0.1, -0.05) is 20.3 Å². The van der Waals surface area contributed by atoms with E-state index in [0.29, 0.717) is 6.10 Å². The van der Waals surface area contributed by atoms with Crippen LogP contribution in [0.5, 0.6) is 0 Å². The lowest BCUT2D eigenvalue weighted by Crippen LogP contribution is -2.08. The van der Waals surface area contributed by atoms with Crippen molar-refractivity contribution in [1.82, 2.24) is 0 Å². The molecule has 0 aliphatic rings. The largest absolute Gasteiger partial charge is 0.382 e. The molecule has 55 valence electrons. The third kappa shape index (κ3) is 4.46. The zero-order valence-electron chi connectivity index (χ0n) is 6.90. The molecule has 0 amide bonds. The van der Waals surface area contributed by atoms with E-state index in [2.05, 4.69) is 20.8 Å². The van der Waals surface area contributed by atoms with Gasteiger partial charge in [-0.3, -0.25) is 0 Å². The van der Waals surface area contributed by atoms with Gasteiger partial charge < -0.3 is 4.74 Å². The van der Waals surface area contributed by atoms with Gasteiger partial charge in [0.1, 0.15) is 0 Å². The van der Waals surface area contributed by atoms with Crippen LogP contribution in [0.15, 0.2) is 0 Å². The van der Waals surface area contributed by atoms with Crippen LogP contribution >= 0.6 is 0 Å². The second-order valence-corrected chi connectivity index (χ2v) is 2.56. The summed E-state index contributed by atoms with van der Waals surface area (Å²) in [6, 6.07) is 0. The van der Waals surface area contributed by atoms with Crippen molar-refractivity contribution in [3.8, 4) is 0 Å². The van der Waals surface area contributed by atoms with Gasteiger partial charge in [0.15, 0.2) is 0 Å². The normalized spacial score (nSPS) is 14.3. The standard InChI is InChI=1S/C8H17O/c1-5-7(2)6-8(3)9-4/h8H,5-6H2,1-4H3. The first-order chi connectivity index (χ1) is 4.20. The minimum Gasteiger partial charge on any atom is -0.382 e. The minimum atomic E-state index is 0.393. The van der Waals surface area contributed by atoms with Crippen LogP contribution in [0.25, 0.3) is 0 Å². The summed E-state index contributed by atoms with van der Waals surface area (Å²) >= 11 is 0. The molecule has 1 unspecified atom stereocenters. The monoisotopic (exact) mass is 129 g/mol. The Morgan fingerprint density at radius 1 is 1.56 bits per heavy atom. The van der Waals surface area contributed by atoms with Crippen LogP contribution in [-0.2, 0) is 4.74 Å². The number of methoxy groups -OCH3 is 1. The molecule has 0 aromatic rings. The fourth-order valence-electron chi connectivity index (χ4n) is 0.718. The third-order valence-electron chi connectivity index (χ3n) is 1.64. The van der Waals surface area contributed by atoms with E-state index in [9.17, 15) is 0 Å². The van der Waals surface area contributed by atoms with Crippen molar-refractivity contribution in [3.63, 3.8) is 0 Å². The first-order valence-corrected chi connectivity index (χ1v) is 3.54. The first kappa shape index (κ1) is 8.96. The predicted octanol–water partition coefficient (Wildman–Crippen LogP) is 2.42. The second-order valence-electron chi connectivity index (χ2n) is 2.56. The predicted molar refractivity (Wildman–Crippen MR) is 40.3 cm³/mol. The molecular formula is C8H17O. The molecular weight excluding hydrogens is 112 g/mol. The molecule has 0 N–H and O–H groups in total. The molecule has 1 nitrogen and oxygen atoms in total. The van der Waals surface area contributed by atoms with E-state index in [1.807, 2.05) is 0 Å². The fraction of sp³-hybridized carbons (Fsp3) is 0.875. The van der Waals surface area contributed by atoms with Gasteiger partial charge in [-0.05, 0) is 19.3 Å². The molecule has 0 saturated heterocycles. The quantitative estimate of drug-likeness (QED) is 0.566. The Morgan fingerprint density at radius 3 is 2.44 bits per heavy atom. The number of ether oxygens (including phenoxy) is 1. The smallest absolute Gasteiger partial charge is 0.0548 e. The zero-order valence-corrected chi connectivity index (χ0v) is 6.90. The Labute approximate surface area is 58.4 Å². The molecule has 0 saturated carbocycles. The van der Waals surface area contributed by atoms with Gasteiger partial charge in [-0.2, -0.15) is 0 Å². The molecule has 0 rings (SSSR count).